The molecule has 0 atom stereocenters. The molecule has 6 heteroatoms. The molecular formula is C14H22BrClN2O2. The highest BCUT2D eigenvalue weighted by Crippen LogP contribution is 2.21. The van der Waals surface area contributed by atoms with Crippen LogP contribution in [0.4, 0.5) is 5.69 Å². The average Bonchev–Trinajstić information content (AvgIpc) is 2.34. The molecule has 114 valence electrons. The highest BCUT2D eigenvalue weighted by Gasteiger charge is 2.19. The molecule has 0 aliphatic carbocycles. The SMILES string of the molecule is COCCC(C)(C)CNC(=O)c1ccc(Br)cc1N.Cl. The van der Waals surface area contributed by atoms with Crippen molar-refractivity contribution in [3.05, 3.63) is 28.2 Å². The molecule has 1 aromatic rings. The summed E-state index contributed by atoms with van der Waals surface area (Å²) >= 11 is 3.32. The van der Waals surface area contributed by atoms with E-state index in [9.17, 15) is 4.79 Å². The molecule has 0 radical (unpaired) electrons. The Morgan fingerprint density at radius 2 is 2.10 bits per heavy atom. The van der Waals surface area contributed by atoms with Crippen molar-refractivity contribution < 1.29 is 9.53 Å². The molecule has 0 saturated heterocycles. The third-order valence-electron chi connectivity index (χ3n) is 2.97. The topological polar surface area (TPSA) is 64.3 Å². The smallest absolute Gasteiger partial charge is 0.253 e. The highest BCUT2D eigenvalue weighted by atomic mass is 79.9. The van der Waals surface area contributed by atoms with Crippen molar-refractivity contribution in [1.29, 1.82) is 0 Å². The van der Waals surface area contributed by atoms with Crippen LogP contribution in [0.15, 0.2) is 22.7 Å². The zero-order chi connectivity index (χ0) is 14.5. The lowest BCUT2D eigenvalue weighted by molar-refractivity contribution is 0.0922. The summed E-state index contributed by atoms with van der Waals surface area (Å²) in [6, 6.07) is 5.25. The van der Waals surface area contributed by atoms with E-state index in [1.807, 2.05) is 0 Å². The summed E-state index contributed by atoms with van der Waals surface area (Å²) in [5, 5.41) is 2.92. The first kappa shape index (κ1) is 19.2. The van der Waals surface area contributed by atoms with Crippen LogP contribution in [0.25, 0.3) is 0 Å². The zero-order valence-electron chi connectivity index (χ0n) is 12.0. The van der Waals surface area contributed by atoms with Crippen LogP contribution in [-0.4, -0.2) is 26.2 Å². The summed E-state index contributed by atoms with van der Waals surface area (Å²) in [5.41, 5.74) is 6.81. The number of benzene rings is 1. The van der Waals surface area contributed by atoms with Gasteiger partial charge in [0.05, 0.1) is 5.56 Å². The summed E-state index contributed by atoms with van der Waals surface area (Å²) in [6.45, 7) is 5.46. The van der Waals surface area contributed by atoms with Crippen LogP contribution in [-0.2, 0) is 4.74 Å². The van der Waals surface area contributed by atoms with Crippen LogP contribution in [0.1, 0.15) is 30.6 Å². The molecule has 1 rings (SSSR count). The van der Waals surface area contributed by atoms with Gasteiger partial charge in [0, 0.05) is 30.4 Å². The van der Waals surface area contributed by atoms with Crippen LogP contribution in [0.5, 0.6) is 0 Å². The maximum absolute atomic E-state index is 12.1. The highest BCUT2D eigenvalue weighted by molar-refractivity contribution is 9.10. The number of ether oxygens (including phenoxy) is 1. The van der Waals surface area contributed by atoms with Crippen LogP contribution in [0.2, 0.25) is 0 Å². The molecule has 4 nitrogen and oxygen atoms in total. The number of anilines is 1. The molecule has 20 heavy (non-hydrogen) atoms. The standard InChI is InChI=1S/C14H21BrN2O2.ClH/c1-14(2,6-7-19-3)9-17-13(18)11-5-4-10(15)8-12(11)16;/h4-5,8H,6-7,9,16H2,1-3H3,(H,17,18);1H. The van der Waals surface area contributed by atoms with E-state index in [0.717, 1.165) is 10.9 Å². The Morgan fingerprint density at radius 3 is 2.65 bits per heavy atom. The zero-order valence-corrected chi connectivity index (χ0v) is 14.4. The maximum Gasteiger partial charge on any atom is 0.253 e. The Hall–Kier alpha value is -0.780. The van der Waals surface area contributed by atoms with Gasteiger partial charge in [-0.05, 0) is 30.0 Å². The molecule has 0 aromatic heterocycles. The fraction of sp³-hybridized carbons (Fsp3) is 0.500. The van der Waals surface area contributed by atoms with Crippen LogP contribution < -0.4 is 11.1 Å². The lowest BCUT2D eigenvalue weighted by Crippen LogP contribution is -2.35. The van der Waals surface area contributed by atoms with Crippen LogP contribution in [0, 0.1) is 5.41 Å². The summed E-state index contributed by atoms with van der Waals surface area (Å²) in [4.78, 5) is 12.1. The molecule has 3 N–H and O–H groups in total. The number of hydrogen-bond acceptors (Lipinski definition) is 3. The molecule has 1 amide bonds. The molecule has 0 fully saturated rings. The predicted molar refractivity (Wildman–Crippen MR) is 88.4 cm³/mol. The van der Waals surface area contributed by atoms with Gasteiger partial charge in [-0.15, -0.1) is 12.4 Å². The minimum absolute atomic E-state index is 0. The molecule has 0 unspecified atom stereocenters. The molecule has 0 bridgehead atoms. The first-order valence-electron chi connectivity index (χ1n) is 6.18. The van der Waals surface area contributed by atoms with Gasteiger partial charge in [0.2, 0.25) is 0 Å². The maximum atomic E-state index is 12.1. The van der Waals surface area contributed by atoms with E-state index < -0.39 is 0 Å². The fourth-order valence-corrected chi connectivity index (χ4v) is 2.00. The first-order chi connectivity index (χ1) is 8.85. The number of carbonyl (C=O) groups excluding carboxylic acids is 1. The number of halogens is 2. The Morgan fingerprint density at radius 1 is 1.45 bits per heavy atom. The monoisotopic (exact) mass is 364 g/mol. The quantitative estimate of drug-likeness (QED) is 0.761. The normalized spacial score (nSPS) is 10.8. The van der Waals surface area contributed by atoms with Gasteiger partial charge >= 0.3 is 0 Å². The van der Waals surface area contributed by atoms with Crippen molar-refractivity contribution in [2.45, 2.75) is 20.3 Å². The van der Waals surface area contributed by atoms with Crippen molar-refractivity contribution in [2.24, 2.45) is 5.41 Å². The van der Waals surface area contributed by atoms with Gasteiger partial charge in [-0.1, -0.05) is 29.8 Å². The minimum Gasteiger partial charge on any atom is -0.398 e. The second-order valence-electron chi connectivity index (χ2n) is 5.32. The average molecular weight is 366 g/mol. The van der Waals surface area contributed by atoms with E-state index in [1.165, 1.54) is 0 Å². The Balaban J connectivity index is 0.00000361. The van der Waals surface area contributed by atoms with Gasteiger partial charge in [-0.25, -0.2) is 0 Å². The van der Waals surface area contributed by atoms with Gasteiger partial charge in [-0.2, -0.15) is 0 Å². The summed E-state index contributed by atoms with van der Waals surface area (Å²) in [6.07, 6.45) is 0.888. The minimum atomic E-state index is -0.143. The number of nitrogen functional groups attached to an aromatic ring is 1. The number of nitrogens with two attached hydrogens (primary N) is 1. The van der Waals surface area contributed by atoms with E-state index >= 15 is 0 Å². The van der Waals surface area contributed by atoms with Crippen LogP contribution in [0.3, 0.4) is 0 Å². The molecular weight excluding hydrogens is 344 g/mol. The van der Waals surface area contributed by atoms with Crippen molar-refractivity contribution >= 4 is 39.9 Å². The van der Waals surface area contributed by atoms with Crippen molar-refractivity contribution in [3.8, 4) is 0 Å². The van der Waals surface area contributed by atoms with Crippen molar-refractivity contribution in [3.63, 3.8) is 0 Å². The van der Waals surface area contributed by atoms with E-state index in [1.54, 1.807) is 25.3 Å². The van der Waals surface area contributed by atoms with E-state index in [-0.39, 0.29) is 23.7 Å². The molecule has 0 saturated carbocycles. The molecule has 0 aliphatic rings. The van der Waals surface area contributed by atoms with Gasteiger partial charge in [-0.3, -0.25) is 4.79 Å². The first-order valence-corrected chi connectivity index (χ1v) is 6.97. The fourth-order valence-electron chi connectivity index (χ4n) is 1.62. The van der Waals surface area contributed by atoms with Crippen molar-refractivity contribution in [1.82, 2.24) is 5.32 Å². The molecule has 0 heterocycles. The van der Waals surface area contributed by atoms with E-state index in [2.05, 4.69) is 35.1 Å². The number of carbonyl (C=O) groups is 1. The number of rotatable bonds is 6. The number of hydrogen-bond donors (Lipinski definition) is 2. The summed E-state index contributed by atoms with van der Waals surface area (Å²) in [5.74, 6) is -0.143. The van der Waals surface area contributed by atoms with E-state index in [4.69, 9.17) is 10.5 Å². The summed E-state index contributed by atoms with van der Waals surface area (Å²) < 4.78 is 5.93. The predicted octanol–water partition coefficient (Wildman–Crippen LogP) is 3.25. The van der Waals surface area contributed by atoms with Gasteiger partial charge in [0.1, 0.15) is 0 Å². The third-order valence-corrected chi connectivity index (χ3v) is 3.46. The summed E-state index contributed by atoms with van der Waals surface area (Å²) in [7, 11) is 1.68. The third kappa shape index (κ3) is 6.11. The Labute approximate surface area is 135 Å². The van der Waals surface area contributed by atoms with Gasteiger partial charge < -0.3 is 15.8 Å². The number of nitrogens with one attached hydrogen (secondary N) is 1. The van der Waals surface area contributed by atoms with Crippen molar-refractivity contribution in [2.75, 3.05) is 26.0 Å². The molecule has 0 aliphatic heterocycles. The number of amides is 1. The van der Waals surface area contributed by atoms with Gasteiger partial charge in [0.25, 0.3) is 5.91 Å². The Kier molecular flexibility index (Phi) is 8.16. The van der Waals surface area contributed by atoms with E-state index in [0.29, 0.717) is 24.4 Å². The van der Waals surface area contributed by atoms with Gasteiger partial charge in [0.15, 0.2) is 0 Å². The number of methoxy groups -OCH3 is 1. The largest absolute Gasteiger partial charge is 0.398 e. The lowest BCUT2D eigenvalue weighted by atomic mass is 9.89. The Bertz CT molecular complexity index is 453. The second-order valence-corrected chi connectivity index (χ2v) is 6.24. The molecule has 0 spiro atoms. The molecule has 1 aromatic carbocycles. The second kappa shape index (κ2) is 8.49. The van der Waals surface area contributed by atoms with Crippen LogP contribution >= 0.6 is 28.3 Å². The lowest BCUT2D eigenvalue weighted by Gasteiger charge is -2.24.